The third-order valence-corrected chi connectivity index (χ3v) is 6.90. The summed E-state index contributed by atoms with van der Waals surface area (Å²) in [5.41, 5.74) is 10.0. The summed E-state index contributed by atoms with van der Waals surface area (Å²) in [6, 6.07) is 19.8. The summed E-state index contributed by atoms with van der Waals surface area (Å²) in [6.45, 7) is 3.79. The number of nitrogens with one attached hydrogen (secondary N) is 1. The molecule has 0 bridgehead atoms. The van der Waals surface area contributed by atoms with Crippen LogP contribution in [0.5, 0.6) is 0 Å². The third-order valence-electron chi connectivity index (χ3n) is 6.90. The average molecular weight is 540 g/mol. The normalized spacial score (nSPS) is 11.7. The molecule has 1 atom stereocenters. The predicted octanol–water partition coefficient (Wildman–Crippen LogP) is 4.21. The second-order valence-electron chi connectivity index (χ2n) is 9.60. The Balaban J connectivity index is 1.48. The van der Waals surface area contributed by atoms with Gasteiger partial charge in [0.05, 0.1) is 11.4 Å². The first-order valence-electron chi connectivity index (χ1n) is 13.0. The molecular weight excluding hydrogens is 514 g/mol. The van der Waals surface area contributed by atoms with E-state index in [0.717, 1.165) is 11.1 Å². The first-order chi connectivity index (χ1) is 19.9. The molecule has 41 heavy (non-hydrogen) atoms. The lowest BCUT2D eigenvalue weighted by Crippen LogP contribution is -2.32. The summed E-state index contributed by atoms with van der Waals surface area (Å²) in [6.07, 6.45) is 6.68. The highest BCUT2D eigenvalue weighted by atomic mass is 16.2. The molecule has 0 spiro atoms. The number of pyridine rings is 2. The Kier molecular flexibility index (Phi) is 6.49. The average Bonchev–Trinajstić information content (AvgIpc) is 3.32. The number of aryl methyl sites for hydroxylation is 1. The first-order valence-corrected chi connectivity index (χ1v) is 13.0. The number of carbonyl (C=O) groups excluding carboxylic acids is 1. The molecule has 200 valence electrons. The second-order valence-corrected chi connectivity index (χ2v) is 9.60. The van der Waals surface area contributed by atoms with E-state index >= 15 is 0 Å². The zero-order valence-electron chi connectivity index (χ0n) is 22.4. The molecule has 0 saturated heterocycles. The maximum Gasteiger partial charge on any atom is 0.264 e. The van der Waals surface area contributed by atoms with E-state index in [2.05, 4.69) is 32.2 Å². The Labute approximate surface area is 235 Å². The van der Waals surface area contributed by atoms with Crippen LogP contribution < -0.4 is 16.6 Å². The van der Waals surface area contributed by atoms with Crippen LogP contribution in [0.25, 0.3) is 22.1 Å². The van der Waals surface area contributed by atoms with Crippen LogP contribution in [0, 0.1) is 18.8 Å². The van der Waals surface area contributed by atoms with Crippen molar-refractivity contribution in [1.29, 1.82) is 0 Å². The number of anilines is 1. The molecule has 2 aromatic carbocycles. The third kappa shape index (κ3) is 4.68. The van der Waals surface area contributed by atoms with E-state index in [1.54, 1.807) is 35.4 Å². The Hall–Kier alpha value is -5.75. The number of nitrogens with zero attached hydrogens (tertiary/aromatic N) is 5. The van der Waals surface area contributed by atoms with Gasteiger partial charge in [-0.25, -0.2) is 9.50 Å². The molecular formula is C32H25N7O2. The van der Waals surface area contributed by atoms with Gasteiger partial charge in [0.25, 0.3) is 11.5 Å². The Morgan fingerprint density at radius 3 is 2.61 bits per heavy atom. The summed E-state index contributed by atoms with van der Waals surface area (Å²) >= 11 is 0. The Morgan fingerprint density at radius 1 is 1.00 bits per heavy atom. The van der Waals surface area contributed by atoms with Gasteiger partial charge in [-0.2, -0.15) is 0 Å². The van der Waals surface area contributed by atoms with Crippen molar-refractivity contribution >= 4 is 28.1 Å². The van der Waals surface area contributed by atoms with Crippen molar-refractivity contribution < 1.29 is 4.79 Å². The number of fused-ring (bicyclic) bond motifs is 2. The quantitative estimate of drug-likeness (QED) is 0.324. The molecule has 1 amide bonds. The number of rotatable bonds is 4. The Morgan fingerprint density at radius 2 is 1.80 bits per heavy atom. The van der Waals surface area contributed by atoms with Gasteiger partial charge in [0.15, 0.2) is 11.5 Å². The van der Waals surface area contributed by atoms with Crippen molar-refractivity contribution in [3.05, 3.63) is 130 Å². The van der Waals surface area contributed by atoms with E-state index in [0.29, 0.717) is 33.4 Å². The fourth-order valence-corrected chi connectivity index (χ4v) is 4.84. The van der Waals surface area contributed by atoms with E-state index in [-0.39, 0.29) is 16.9 Å². The van der Waals surface area contributed by atoms with Crippen molar-refractivity contribution in [3.63, 3.8) is 0 Å². The number of amides is 1. The highest BCUT2D eigenvalue weighted by Gasteiger charge is 2.24. The van der Waals surface area contributed by atoms with Gasteiger partial charge in [0.2, 0.25) is 0 Å². The van der Waals surface area contributed by atoms with Crippen molar-refractivity contribution in [2.75, 3.05) is 5.73 Å². The summed E-state index contributed by atoms with van der Waals surface area (Å²) in [4.78, 5) is 36.1. The molecule has 0 radical (unpaired) electrons. The second kappa shape index (κ2) is 10.4. The van der Waals surface area contributed by atoms with Gasteiger partial charge in [-0.15, -0.1) is 5.10 Å². The van der Waals surface area contributed by atoms with Gasteiger partial charge in [0.1, 0.15) is 5.56 Å². The molecule has 0 aliphatic rings. The largest absolute Gasteiger partial charge is 0.381 e. The number of hydrogen-bond donors (Lipinski definition) is 2. The molecule has 0 fully saturated rings. The number of benzene rings is 2. The van der Waals surface area contributed by atoms with Crippen LogP contribution >= 0.6 is 0 Å². The zero-order valence-corrected chi connectivity index (χ0v) is 22.4. The number of hydrogen-bond acceptors (Lipinski definition) is 6. The molecule has 3 N–H and O–H groups in total. The maximum atomic E-state index is 14.2. The smallest absolute Gasteiger partial charge is 0.264 e. The molecule has 4 aromatic heterocycles. The molecule has 6 rings (SSSR count). The van der Waals surface area contributed by atoms with Crippen molar-refractivity contribution in [2.45, 2.75) is 19.9 Å². The molecule has 4 heterocycles. The van der Waals surface area contributed by atoms with E-state index in [1.165, 1.54) is 4.52 Å². The van der Waals surface area contributed by atoms with Gasteiger partial charge in [-0.05, 0) is 61.2 Å². The van der Waals surface area contributed by atoms with Gasteiger partial charge < -0.3 is 11.1 Å². The zero-order chi connectivity index (χ0) is 28.5. The van der Waals surface area contributed by atoms with Crippen LogP contribution in [0.15, 0.2) is 96.3 Å². The maximum absolute atomic E-state index is 14.2. The van der Waals surface area contributed by atoms with Gasteiger partial charge in [0, 0.05) is 47.3 Å². The number of nitrogens with two attached hydrogens (primary N) is 1. The van der Waals surface area contributed by atoms with Crippen molar-refractivity contribution in [1.82, 2.24) is 29.5 Å². The molecule has 0 aliphatic carbocycles. The fourth-order valence-electron chi connectivity index (χ4n) is 4.84. The summed E-state index contributed by atoms with van der Waals surface area (Å²) in [5, 5.41) is 8.38. The molecule has 9 nitrogen and oxygen atoms in total. The summed E-state index contributed by atoms with van der Waals surface area (Å²) in [7, 11) is 0. The molecule has 6 aromatic rings. The molecule has 1 unspecified atom stereocenters. The van der Waals surface area contributed by atoms with Crippen LogP contribution in [0.1, 0.15) is 45.7 Å². The van der Waals surface area contributed by atoms with Gasteiger partial charge in [-0.1, -0.05) is 42.2 Å². The predicted molar refractivity (Wildman–Crippen MR) is 158 cm³/mol. The lowest BCUT2D eigenvalue weighted by atomic mass is 10.0. The number of carbonyl (C=O) groups is 1. The highest BCUT2D eigenvalue weighted by Crippen LogP contribution is 2.24. The number of aromatic nitrogens is 5. The van der Waals surface area contributed by atoms with Crippen LogP contribution in [-0.2, 0) is 0 Å². The van der Waals surface area contributed by atoms with E-state index in [4.69, 9.17) is 5.73 Å². The lowest BCUT2D eigenvalue weighted by molar-refractivity contribution is 0.0941. The summed E-state index contributed by atoms with van der Waals surface area (Å²) < 4.78 is 3.08. The van der Waals surface area contributed by atoms with E-state index in [9.17, 15) is 9.59 Å². The van der Waals surface area contributed by atoms with Crippen LogP contribution in [0.3, 0.4) is 0 Å². The minimum atomic E-state index is -0.578. The standard InChI is InChI=1S/C32H25N7O2/c1-20-14-16-34-19-24(20)13-12-22-8-6-9-23-18-26(39(32(41)27(22)23)25-10-4-3-5-11-25)21(2)36-31(40)28-29(33)37-38-17-7-15-35-30(28)38/h3-11,14-19,21H,1-2H3,(H2,33,37)(H,36,40). The molecule has 0 aliphatic heterocycles. The highest BCUT2D eigenvalue weighted by molar-refractivity contribution is 6.04. The van der Waals surface area contributed by atoms with Crippen molar-refractivity contribution in [2.24, 2.45) is 0 Å². The number of nitrogen functional groups attached to an aromatic ring is 1. The minimum absolute atomic E-state index is 0.0689. The fraction of sp³-hybridized carbons (Fsp3) is 0.0938. The van der Waals surface area contributed by atoms with Gasteiger partial charge in [-0.3, -0.25) is 19.1 Å². The van der Waals surface area contributed by atoms with Crippen LogP contribution in [0.4, 0.5) is 5.82 Å². The van der Waals surface area contributed by atoms with Crippen LogP contribution in [0.2, 0.25) is 0 Å². The monoisotopic (exact) mass is 539 g/mol. The lowest BCUT2D eigenvalue weighted by Gasteiger charge is -2.21. The number of para-hydroxylation sites is 1. The van der Waals surface area contributed by atoms with Crippen molar-refractivity contribution in [3.8, 4) is 17.5 Å². The topological polar surface area (TPSA) is 120 Å². The summed E-state index contributed by atoms with van der Waals surface area (Å²) in [5.74, 6) is 5.97. The minimum Gasteiger partial charge on any atom is -0.381 e. The molecule has 0 saturated carbocycles. The van der Waals surface area contributed by atoms with Gasteiger partial charge >= 0.3 is 0 Å². The molecule has 9 heteroatoms. The van der Waals surface area contributed by atoms with Crippen LogP contribution in [-0.4, -0.2) is 30.1 Å². The SMILES string of the molecule is Cc1ccncc1C#Cc1cccc2cc(C(C)NC(=O)c3c(N)nn4cccnc34)n(-c3ccccc3)c(=O)c12. The van der Waals surface area contributed by atoms with E-state index < -0.39 is 11.9 Å². The Bertz CT molecular complexity index is 2070. The first kappa shape index (κ1) is 25.5. The van der Waals surface area contributed by atoms with E-state index in [1.807, 2.05) is 74.5 Å².